The molecule has 1 heterocycles. The molecule has 0 saturated heterocycles. The molecule has 1 aromatic heterocycles. The molecule has 2 aromatic rings. The third kappa shape index (κ3) is 1.43. The van der Waals surface area contributed by atoms with Gasteiger partial charge in [-0.25, -0.2) is 4.98 Å². The van der Waals surface area contributed by atoms with Gasteiger partial charge in [0.1, 0.15) is 0 Å². The average Bonchev–Trinajstić information content (AvgIpc) is 2.39. The third-order valence-corrected chi connectivity index (χ3v) is 4.12. The van der Waals surface area contributed by atoms with Crippen LogP contribution in [0, 0.1) is 3.01 Å². The van der Waals surface area contributed by atoms with Crippen LogP contribution in [0.15, 0.2) is 12.1 Å². The monoisotopic (exact) mass is 329 g/mol. The van der Waals surface area contributed by atoms with Crippen molar-refractivity contribution in [2.75, 3.05) is 0 Å². The lowest BCUT2D eigenvalue weighted by molar-refractivity contribution is 1.45. The van der Waals surface area contributed by atoms with Crippen molar-refractivity contribution >= 4 is 67.3 Å². The molecule has 1 nitrogen and oxygen atoms in total. The van der Waals surface area contributed by atoms with E-state index >= 15 is 0 Å². The maximum Gasteiger partial charge on any atom is 0.155 e. The Morgan fingerprint density at radius 3 is 2.83 bits per heavy atom. The fourth-order valence-electron chi connectivity index (χ4n) is 0.909. The van der Waals surface area contributed by atoms with Crippen LogP contribution >= 0.6 is 57.1 Å². The van der Waals surface area contributed by atoms with E-state index in [0.717, 1.165) is 13.2 Å². The molecular weight excluding hydrogens is 328 g/mol. The normalized spacial score (nSPS) is 10.9. The van der Waals surface area contributed by atoms with Crippen LogP contribution in [-0.2, 0) is 0 Å². The van der Waals surface area contributed by atoms with Gasteiger partial charge in [-0.3, -0.25) is 0 Å². The van der Waals surface area contributed by atoms with Crippen LogP contribution in [0.1, 0.15) is 0 Å². The topological polar surface area (TPSA) is 12.9 Å². The second-order valence-electron chi connectivity index (χ2n) is 2.18. The molecule has 12 heavy (non-hydrogen) atoms. The number of rotatable bonds is 0. The molecule has 2 rings (SSSR count). The number of fused-ring (bicyclic) bond motifs is 1. The Hall–Kier alpha value is 0.420. The molecule has 0 amide bonds. The Balaban J connectivity index is 2.89. The van der Waals surface area contributed by atoms with Crippen molar-refractivity contribution in [3.63, 3.8) is 0 Å². The predicted octanol–water partition coefficient (Wildman–Crippen LogP) is 4.21. The number of nitrogens with zero attached hydrogens (tertiary/aromatic N) is 1. The number of aromatic nitrogens is 1. The Kier molecular flexibility index (Phi) is 2.46. The Bertz CT molecular complexity index is 440. The predicted molar refractivity (Wildman–Crippen MR) is 62.4 cm³/mol. The van der Waals surface area contributed by atoms with Gasteiger partial charge in [-0.05, 0) is 34.7 Å². The van der Waals surface area contributed by atoms with Crippen molar-refractivity contribution in [2.24, 2.45) is 0 Å². The fraction of sp³-hybridized carbons (Fsp3) is 0. The summed E-state index contributed by atoms with van der Waals surface area (Å²) < 4.78 is 1.94. The minimum Gasteiger partial charge on any atom is -0.230 e. The van der Waals surface area contributed by atoms with Gasteiger partial charge in [-0.1, -0.05) is 23.2 Å². The summed E-state index contributed by atoms with van der Waals surface area (Å²) in [6.45, 7) is 0. The zero-order chi connectivity index (χ0) is 8.72. The highest BCUT2D eigenvalue weighted by Crippen LogP contribution is 2.34. The van der Waals surface area contributed by atoms with E-state index in [1.165, 1.54) is 0 Å². The summed E-state index contributed by atoms with van der Waals surface area (Å²) in [5.41, 5.74) is 0.916. The number of hydrogen-bond donors (Lipinski definition) is 0. The molecule has 0 aliphatic heterocycles. The van der Waals surface area contributed by atoms with Gasteiger partial charge in [0.05, 0.1) is 20.3 Å². The zero-order valence-corrected chi connectivity index (χ0v) is 10.1. The number of thiazole rings is 1. The molecule has 0 spiro atoms. The maximum absolute atomic E-state index is 5.97. The van der Waals surface area contributed by atoms with Crippen LogP contribution in [0.4, 0.5) is 0 Å². The van der Waals surface area contributed by atoms with Crippen LogP contribution in [0.5, 0.6) is 0 Å². The molecule has 0 aliphatic rings. The fourth-order valence-corrected chi connectivity index (χ4v) is 3.05. The van der Waals surface area contributed by atoms with Gasteiger partial charge in [-0.2, -0.15) is 0 Å². The van der Waals surface area contributed by atoms with Crippen molar-refractivity contribution in [2.45, 2.75) is 0 Å². The van der Waals surface area contributed by atoms with E-state index in [-0.39, 0.29) is 0 Å². The summed E-state index contributed by atoms with van der Waals surface area (Å²) >= 11 is 15.5. The van der Waals surface area contributed by atoms with E-state index in [9.17, 15) is 0 Å². The smallest absolute Gasteiger partial charge is 0.155 e. The summed E-state index contributed by atoms with van der Waals surface area (Å²) in [7, 11) is 0. The van der Waals surface area contributed by atoms with Gasteiger partial charge in [-0.15, -0.1) is 11.3 Å². The molecule has 0 radical (unpaired) electrons. The number of halogens is 3. The van der Waals surface area contributed by atoms with E-state index in [4.69, 9.17) is 23.2 Å². The molecular formula is C7H2Cl2INS. The molecule has 0 aliphatic carbocycles. The quantitative estimate of drug-likeness (QED) is 0.660. The molecule has 0 N–H and O–H groups in total. The summed E-state index contributed by atoms with van der Waals surface area (Å²) in [5.74, 6) is 0. The number of hydrogen-bond acceptors (Lipinski definition) is 2. The largest absolute Gasteiger partial charge is 0.230 e. The minimum absolute atomic E-state index is 0.587. The molecule has 1 aromatic carbocycles. The van der Waals surface area contributed by atoms with Crippen LogP contribution in [-0.4, -0.2) is 4.98 Å². The van der Waals surface area contributed by atoms with Gasteiger partial charge >= 0.3 is 0 Å². The molecule has 62 valence electrons. The molecule has 0 saturated carbocycles. The van der Waals surface area contributed by atoms with Crippen LogP contribution in [0.2, 0.25) is 10.0 Å². The van der Waals surface area contributed by atoms with Gasteiger partial charge in [0, 0.05) is 0 Å². The second-order valence-corrected chi connectivity index (χ2v) is 5.71. The van der Waals surface area contributed by atoms with Crippen LogP contribution < -0.4 is 0 Å². The SMILES string of the molecule is Clc1ccc2nc(I)sc2c1Cl. The third-order valence-electron chi connectivity index (χ3n) is 1.42. The summed E-state index contributed by atoms with van der Waals surface area (Å²) in [6.07, 6.45) is 0. The highest BCUT2D eigenvalue weighted by molar-refractivity contribution is 14.1. The lowest BCUT2D eigenvalue weighted by atomic mass is 10.3. The zero-order valence-electron chi connectivity index (χ0n) is 5.64. The van der Waals surface area contributed by atoms with E-state index in [1.54, 1.807) is 17.4 Å². The Morgan fingerprint density at radius 2 is 2.08 bits per heavy atom. The van der Waals surface area contributed by atoms with Crippen molar-refractivity contribution in [1.29, 1.82) is 0 Å². The van der Waals surface area contributed by atoms with Crippen LogP contribution in [0.25, 0.3) is 10.2 Å². The first kappa shape index (κ1) is 8.99. The van der Waals surface area contributed by atoms with E-state index in [0.29, 0.717) is 10.0 Å². The standard InChI is InChI=1S/C7H2Cl2INS/c8-3-1-2-4-6(5(3)9)12-7(10)11-4/h1-2H. The van der Waals surface area contributed by atoms with Gasteiger partial charge in [0.2, 0.25) is 0 Å². The Morgan fingerprint density at radius 1 is 1.33 bits per heavy atom. The first-order valence-corrected chi connectivity index (χ1v) is 5.73. The lowest BCUT2D eigenvalue weighted by Gasteiger charge is -1.93. The summed E-state index contributed by atoms with van der Waals surface area (Å²) in [4.78, 5) is 4.28. The molecule has 0 unspecified atom stereocenters. The Labute approximate surface area is 96.8 Å². The van der Waals surface area contributed by atoms with Crippen molar-refractivity contribution in [3.8, 4) is 0 Å². The van der Waals surface area contributed by atoms with Crippen LogP contribution in [0.3, 0.4) is 0 Å². The molecule has 0 atom stereocenters. The second kappa shape index (κ2) is 3.29. The lowest BCUT2D eigenvalue weighted by Crippen LogP contribution is -1.70. The van der Waals surface area contributed by atoms with Crippen molar-refractivity contribution < 1.29 is 0 Å². The molecule has 0 fully saturated rings. The number of benzene rings is 1. The summed E-state index contributed by atoms with van der Waals surface area (Å²) in [6, 6.07) is 3.64. The highest BCUT2D eigenvalue weighted by atomic mass is 127. The highest BCUT2D eigenvalue weighted by Gasteiger charge is 2.07. The minimum atomic E-state index is 0.587. The van der Waals surface area contributed by atoms with E-state index in [1.807, 2.05) is 6.07 Å². The van der Waals surface area contributed by atoms with E-state index in [2.05, 4.69) is 27.6 Å². The maximum atomic E-state index is 5.97. The molecule has 0 bridgehead atoms. The van der Waals surface area contributed by atoms with Crippen molar-refractivity contribution in [1.82, 2.24) is 4.98 Å². The van der Waals surface area contributed by atoms with Gasteiger partial charge in [0.25, 0.3) is 0 Å². The van der Waals surface area contributed by atoms with Gasteiger partial charge in [0.15, 0.2) is 3.01 Å². The first-order valence-electron chi connectivity index (χ1n) is 3.08. The average molecular weight is 330 g/mol. The van der Waals surface area contributed by atoms with E-state index < -0.39 is 0 Å². The molecule has 5 heteroatoms. The summed E-state index contributed by atoms with van der Waals surface area (Å²) in [5, 5.41) is 1.19. The first-order chi connectivity index (χ1) is 5.68. The van der Waals surface area contributed by atoms with Gasteiger partial charge < -0.3 is 0 Å². The van der Waals surface area contributed by atoms with Crippen molar-refractivity contribution in [3.05, 3.63) is 25.2 Å².